The van der Waals surface area contributed by atoms with Crippen molar-refractivity contribution in [3.05, 3.63) is 10.8 Å². The van der Waals surface area contributed by atoms with E-state index in [1.807, 2.05) is 4.68 Å². The summed E-state index contributed by atoms with van der Waals surface area (Å²) in [4.78, 5) is 0. The van der Waals surface area contributed by atoms with Gasteiger partial charge in [-0.2, -0.15) is 0 Å². The Balaban J connectivity index is 2.95. The molecule has 0 aromatic carbocycles. The van der Waals surface area contributed by atoms with Crippen LogP contribution >= 0.6 is 11.6 Å². The number of hydrogen-bond acceptors (Lipinski definition) is 2. The van der Waals surface area contributed by atoms with E-state index in [1.165, 1.54) is 0 Å². The second-order valence-electron chi connectivity index (χ2n) is 3.14. The van der Waals surface area contributed by atoms with Crippen molar-refractivity contribution in [3.63, 3.8) is 0 Å². The van der Waals surface area contributed by atoms with Crippen molar-refractivity contribution in [1.29, 1.82) is 0 Å². The monoisotopic (exact) mass is 187 g/mol. The third-order valence-electron chi connectivity index (χ3n) is 1.71. The molecule has 0 saturated heterocycles. The largest absolute Gasteiger partial charge is 0.248 e. The van der Waals surface area contributed by atoms with Crippen molar-refractivity contribution in [1.82, 2.24) is 15.0 Å². The maximum absolute atomic E-state index is 5.88. The van der Waals surface area contributed by atoms with Crippen LogP contribution in [0, 0.1) is 0 Å². The highest BCUT2D eigenvalue weighted by Crippen LogP contribution is 2.21. The van der Waals surface area contributed by atoms with Gasteiger partial charge in [0.05, 0.1) is 5.69 Å². The molecule has 0 aliphatic heterocycles. The molecule has 0 amide bonds. The van der Waals surface area contributed by atoms with Gasteiger partial charge in [0.2, 0.25) is 0 Å². The number of aromatic nitrogens is 3. The summed E-state index contributed by atoms with van der Waals surface area (Å²) in [6.07, 6.45) is 1.05. The van der Waals surface area contributed by atoms with E-state index >= 15 is 0 Å². The van der Waals surface area contributed by atoms with Crippen LogP contribution in [0.2, 0.25) is 5.15 Å². The lowest BCUT2D eigenvalue weighted by atomic mass is 10.1. The molecule has 0 spiro atoms. The topological polar surface area (TPSA) is 30.7 Å². The minimum Gasteiger partial charge on any atom is -0.248 e. The molecule has 68 valence electrons. The summed E-state index contributed by atoms with van der Waals surface area (Å²) >= 11 is 5.88. The summed E-state index contributed by atoms with van der Waals surface area (Å²) in [7, 11) is 0. The van der Waals surface area contributed by atoms with Crippen molar-refractivity contribution in [2.45, 2.75) is 39.7 Å². The third-order valence-corrected chi connectivity index (χ3v) is 1.98. The lowest BCUT2D eigenvalue weighted by Crippen LogP contribution is -2.05. The van der Waals surface area contributed by atoms with Gasteiger partial charge in [0.1, 0.15) is 0 Å². The van der Waals surface area contributed by atoms with Gasteiger partial charge in [-0.1, -0.05) is 37.6 Å². The minimum absolute atomic E-state index is 0.388. The normalized spacial score (nSPS) is 11.1. The molecule has 0 aliphatic rings. The van der Waals surface area contributed by atoms with Gasteiger partial charge in [-0.3, -0.25) is 0 Å². The molecule has 4 heteroatoms. The van der Waals surface area contributed by atoms with Crippen LogP contribution in [-0.2, 0) is 6.54 Å². The van der Waals surface area contributed by atoms with Gasteiger partial charge in [0.25, 0.3) is 0 Å². The number of rotatable bonds is 3. The molecule has 1 aromatic rings. The van der Waals surface area contributed by atoms with E-state index in [0.717, 1.165) is 18.7 Å². The van der Waals surface area contributed by atoms with Crippen LogP contribution in [-0.4, -0.2) is 15.0 Å². The van der Waals surface area contributed by atoms with Gasteiger partial charge < -0.3 is 0 Å². The molecule has 0 aliphatic carbocycles. The first-order chi connectivity index (χ1) is 5.66. The molecule has 1 heterocycles. The van der Waals surface area contributed by atoms with E-state index in [2.05, 4.69) is 31.1 Å². The zero-order valence-corrected chi connectivity index (χ0v) is 8.47. The Morgan fingerprint density at radius 3 is 2.67 bits per heavy atom. The molecule has 12 heavy (non-hydrogen) atoms. The number of aryl methyl sites for hydroxylation is 1. The van der Waals surface area contributed by atoms with Crippen LogP contribution in [0.4, 0.5) is 0 Å². The predicted octanol–water partition coefficient (Wildman–Crippen LogP) is 2.46. The molecule has 0 fully saturated rings. The molecule has 1 rings (SSSR count). The van der Waals surface area contributed by atoms with Crippen molar-refractivity contribution >= 4 is 11.6 Å². The fourth-order valence-electron chi connectivity index (χ4n) is 1.21. The first-order valence-electron chi connectivity index (χ1n) is 4.25. The number of halogens is 1. The Morgan fingerprint density at radius 2 is 2.17 bits per heavy atom. The second-order valence-corrected chi connectivity index (χ2v) is 3.50. The highest BCUT2D eigenvalue weighted by atomic mass is 35.5. The molecule has 0 N–H and O–H groups in total. The van der Waals surface area contributed by atoms with Crippen LogP contribution in [0.25, 0.3) is 0 Å². The number of hydrogen-bond donors (Lipinski definition) is 0. The SMILES string of the molecule is CCCn1nnc(Cl)c1C(C)C. The standard InChI is InChI=1S/C8H14ClN3/c1-4-5-12-7(6(2)3)8(9)10-11-12/h6H,4-5H2,1-3H3. The van der Waals surface area contributed by atoms with E-state index in [9.17, 15) is 0 Å². The van der Waals surface area contributed by atoms with Gasteiger partial charge in [0.15, 0.2) is 5.15 Å². The first kappa shape index (κ1) is 9.52. The first-order valence-corrected chi connectivity index (χ1v) is 4.63. The molecule has 0 atom stereocenters. The van der Waals surface area contributed by atoms with Gasteiger partial charge in [-0.25, -0.2) is 4.68 Å². The molecule has 0 bridgehead atoms. The average molecular weight is 188 g/mol. The average Bonchev–Trinajstić information content (AvgIpc) is 2.32. The second kappa shape index (κ2) is 3.90. The maximum atomic E-state index is 5.88. The van der Waals surface area contributed by atoms with Crippen LogP contribution in [0.15, 0.2) is 0 Å². The Labute approximate surface area is 77.7 Å². The van der Waals surface area contributed by atoms with Crippen molar-refractivity contribution in [2.75, 3.05) is 0 Å². The summed E-state index contributed by atoms with van der Waals surface area (Å²) in [6, 6.07) is 0. The van der Waals surface area contributed by atoms with E-state index in [-0.39, 0.29) is 0 Å². The smallest absolute Gasteiger partial charge is 0.174 e. The Bertz CT molecular complexity index is 255. The summed E-state index contributed by atoms with van der Waals surface area (Å²) in [5, 5.41) is 8.34. The summed E-state index contributed by atoms with van der Waals surface area (Å²) in [6.45, 7) is 7.19. The van der Waals surface area contributed by atoms with Gasteiger partial charge >= 0.3 is 0 Å². The summed E-state index contributed by atoms with van der Waals surface area (Å²) in [5.41, 5.74) is 1.04. The van der Waals surface area contributed by atoms with E-state index in [0.29, 0.717) is 11.1 Å². The molecule has 0 unspecified atom stereocenters. The maximum Gasteiger partial charge on any atom is 0.174 e. The quantitative estimate of drug-likeness (QED) is 0.728. The van der Waals surface area contributed by atoms with E-state index in [4.69, 9.17) is 11.6 Å². The summed E-state index contributed by atoms with van der Waals surface area (Å²) in [5.74, 6) is 0.388. The van der Waals surface area contributed by atoms with Crippen LogP contribution in [0.5, 0.6) is 0 Å². The lowest BCUT2D eigenvalue weighted by molar-refractivity contribution is 0.542. The molecular weight excluding hydrogens is 174 g/mol. The zero-order chi connectivity index (χ0) is 9.14. The van der Waals surface area contributed by atoms with Crippen molar-refractivity contribution in [2.24, 2.45) is 0 Å². The molecule has 0 saturated carbocycles. The highest BCUT2D eigenvalue weighted by Gasteiger charge is 2.13. The molecule has 3 nitrogen and oxygen atoms in total. The van der Waals surface area contributed by atoms with Crippen molar-refractivity contribution < 1.29 is 0 Å². The molecule has 1 aromatic heterocycles. The zero-order valence-electron chi connectivity index (χ0n) is 7.71. The van der Waals surface area contributed by atoms with Gasteiger partial charge in [-0.05, 0) is 12.3 Å². The molecular formula is C8H14ClN3. The fraction of sp³-hybridized carbons (Fsp3) is 0.750. The van der Waals surface area contributed by atoms with E-state index < -0.39 is 0 Å². The van der Waals surface area contributed by atoms with Gasteiger partial charge in [0, 0.05) is 6.54 Å². The molecule has 0 radical (unpaired) electrons. The van der Waals surface area contributed by atoms with Crippen LogP contribution in [0.3, 0.4) is 0 Å². The van der Waals surface area contributed by atoms with Crippen LogP contribution in [0.1, 0.15) is 38.8 Å². The lowest BCUT2D eigenvalue weighted by Gasteiger charge is -2.07. The van der Waals surface area contributed by atoms with Crippen molar-refractivity contribution in [3.8, 4) is 0 Å². The van der Waals surface area contributed by atoms with E-state index in [1.54, 1.807) is 0 Å². The van der Waals surface area contributed by atoms with Gasteiger partial charge in [-0.15, -0.1) is 5.10 Å². The minimum atomic E-state index is 0.388. The summed E-state index contributed by atoms with van der Waals surface area (Å²) < 4.78 is 1.88. The predicted molar refractivity (Wildman–Crippen MR) is 49.4 cm³/mol. The Morgan fingerprint density at radius 1 is 1.50 bits per heavy atom. The third kappa shape index (κ3) is 1.78. The Kier molecular flexibility index (Phi) is 3.09. The fourth-order valence-corrected chi connectivity index (χ4v) is 1.56. The number of nitrogens with zero attached hydrogens (tertiary/aromatic N) is 3. The Hall–Kier alpha value is -0.570. The van der Waals surface area contributed by atoms with Crippen LogP contribution < -0.4 is 0 Å². The highest BCUT2D eigenvalue weighted by molar-refractivity contribution is 6.30.